The predicted octanol–water partition coefficient (Wildman–Crippen LogP) is 6.65. The molecule has 0 radical (unpaired) electrons. The number of amides is 1. The van der Waals surface area contributed by atoms with Crippen LogP contribution in [0.5, 0.6) is 0 Å². The number of carbonyl (C=O) groups is 1. The lowest BCUT2D eigenvalue weighted by molar-refractivity contribution is 0.0984. The summed E-state index contributed by atoms with van der Waals surface area (Å²) >= 11 is 1.31. The van der Waals surface area contributed by atoms with Crippen LogP contribution in [-0.2, 0) is 0 Å². The van der Waals surface area contributed by atoms with Crippen molar-refractivity contribution in [3.05, 3.63) is 102 Å². The maximum Gasteiger partial charge on any atom is 0.261 e. The Bertz CT molecular complexity index is 895. The lowest BCUT2D eigenvalue weighted by Crippen LogP contribution is -2.24. The second-order valence-corrected chi connectivity index (χ2v) is 8.63. The Labute approximate surface area is 192 Å². The van der Waals surface area contributed by atoms with E-state index in [0.29, 0.717) is 5.56 Å². The Morgan fingerprint density at radius 2 is 1.61 bits per heavy atom. The molecule has 3 rings (SSSR count). The minimum atomic E-state index is -0.120. The van der Waals surface area contributed by atoms with Crippen LogP contribution in [0.25, 0.3) is 4.91 Å². The molecule has 0 spiro atoms. The van der Waals surface area contributed by atoms with E-state index in [1.807, 2.05) is 68.4 Å². The first-order valence-electron chi connectivity index (χ1n) is 10.7. The van der Waals surface area contributed by atoms with Crippen molar-refractivity contribution < 1.29 is 4.79 Å². The number of piperidine rings is 1. The summed E-state index contributed by atoms with van der Waals surface area (Å²) in [5.41, 5.74) is 4.63. The van der Waals surface area contributed by atoms with Crippen molar-refractivity contribution in [3.63, 3.8) is 0 Å². The van der Waals surface area contributed by atoms with Crippen molar-refractivity contribution in [2.75, 3.05) is 20.1 Å². The van der Waals surface area contributed by atoms with Gasteiger partial charge in [-0.05, 0) is 87.6 Å². The van der Waals surface area contributed by atoms with E-state index in [-0.39, 0.29) is 5.91 Å². The van der Waals surface area contributed by atoms with Gasteiger partial charge in [0.05, 0.1) is 0 Å². The van der Waals surface area contributed by atoms with Crippen molar-refractivity contribution in [1.82, 2.24) is 9.62 Å². The van der Waals surface area contributed by atoms with Crippen LogP contribution in [0.2, 0.25) is 0 Å². The predicted molar refractivity (Wildman–Crippen MR) is 136 cm³/mol. The van der Waals surface area contributed by atoms with Gasteiger partial charge in [-0.1, -0.05) is 73.7 Å². The van der Waals surface area contributed by atoms with E-state index < -0.39 is 0 Å². The summed E-state index contributed by atoms with van der Waals surface area (Å²) in [6.45, 7) is 14.4. The van der Waals surface area contributed by atoms with Crippen LogP contribution in [0.15, 0.2) is 85.0 Å². The average Bonchev–Trinajstić information content (AvgIpc) is 2.80. The van der Waals surface area contributed by atoms with Gasteiger partial charge in [0.2, 0.25) is 0 Å². The number of hydrogen-bond donors (Lipinski definition) is 1. The van der Waals surface area contributed by atoms with E-state index >= 15 is 0 Å². The summed E-state index contributed by atoms with van der Waals surface area (Å²) in [5, 5.41) is 0. The highest BCUT2D eigenvalue weighted by Gasteiger charge is 2.12. The van der Waals surface area contributed by atoms with E-state index in [9.17, 15) is 4.79 Å². The molecule has 0 bridgehead atoms. The first-order chi connectivity index (χ1) is 14.9. The summed E-state index contributed by atoms with van der Waals surface area (Å²) in [5.74, 6) is -0.120. The van der Waals surface area contributed by atoms with Crippen LogP contribution >= 0.6 is 11.9 Å². The first kappa shape index (κ1) is 24.7. The maximum absolute atomic E-state index is 12.4. The smallest absolute Gasteiger partial charge is 0.261 e. The van der Waals surface area contributed by atoms with Crippen molar-refractivity contribution >= 4 is 22.8 Å². The van der Waals surface area contributed by atoms with E-state index in [4.69, 9.17) is 0 Å². The molecule has 3 nitrogen and oxygen atoms in total. The molecule has 0 aromatic heterocycles. The standard InChI is InChI=1S/C21H21NOS.C6H13N/c1-5-16(3)17(4)20(18-9-7-6-8-10-18)24-22-21(23)19-13-11-15(2)12-14-19;1-7-5-3-2-4-6-7/h5-14H,1,3H2,2,4H3,(H,22,23);2-6H2,1H3/b20-17-;. The third kappa shape index (κ3) is 8.23. The van der Waals surface area contributed by atoms with Crippen molar-refractivity contribution in [1.29, 1.82) is 0 Å². The quantitative estimate of drug-likeness (QED) is 0.408. The highest BCUT2D eigenvalue weighted by Crippen LogP contribution is 2.32. The SMILES string of the molecule is C=CC(=C)/C(C)=C(\SNC(=O)c1ccc(C)cc1)c1ccccc1.CN1CCCCC1. The maximum atomic E-state index is 12.4. The molecule has 1 N–H and O–H groups in total. The molecule has 1 aliphatic heterocycles. The van der Waals surface area contributed by atoms with Gasteiger partial charge in [0.15, 0.2) is 0 Å². The number of carbonyl (C=O) groups excluding carboxylic acids is 1. The topological polar surface area (TPSA) is 32.3 Å². The second-order valence-electron chi connectivity index (χ2n) is 7.81. The van der Waals surface area contributed by atoms with Gasteiger partial charge in [-0.15, -0.1) is 0 Å². The molecule has 1 aliphatic rings. The monoisotopic (exact) mass is 434 g/mol. The number of benzene rings is 2. The molecule has 1 heterocycles. The Hall–Kier alpha value is -2.56. The van der Waals surface area contributed by atoms with Crippen LogP contribution in [0, 0.1) is 6.92 Å². The molecule has 0 atom stereocenters. The Balaban J connectivity index is 0.000000412. The molecule has 1 fully saturated rings. The fraction of sp³-hybridized carbons (Fsp3) is 0.296. The Morgan fingerprint density at radius 3 is 2.13 bits per heavy atom. The molecular formula is C27H34N2OS. The molecule has 0 saturated carbocycles. The minimum Gasteiger partial charge on any atom is -0.306 e. The highest BCUT2D eigenvalue weighted by atomic mass is 32.2. The van der Waals surface area contributed by atoms with Crippen LogP contribution in [0.1, 0.15) is 47.7 Å². The number of likely N-dealkylation sites (tertiary alicyclic amines) is 1. The van der Waals surface area contributed by atoms with Crippen LogP contribution in [0.4, 0.5) is 0 Å². The first-order valence-corrected chi connectivity index (χ1v) is 11.5. The van der Waals surface area contributed by atoms with Crippen LogP contribution in [0.3, 0.4) is 0 Å². The number of rotatable bonds is 6. The molecular weight excluding hydrogens is 400 g/mol. The molecule has 1 amide bonds. The summed E-state index contributed by atoms with van der Waals surface area (Å²) < 4.78 is 2.92. The van der Waals surface area contributed by atoms with Crippen molar-refractivity contribution in [2.45, 2.75) is 33.1 Å². The van der Waals surface area contributed by atoms with Gasteiger partial charge in [-0.2, -0.15) is 0 Å². The molecule has 0 aliphatic carbocycles. The Morgan fingerprint density at radius 1 is 1.00 bits per heavy atom. The molecule has 164 valence electrons. The van der Waals surface area contributed by atoms with Crippen LogP contribution in [-0.4, -0.2) is 30.9 Å². The minimum absolute atomic E-state index is 0.120. The largest absolute Gasteiger partial charge is 0.306 e. The zero-order valence-electron chi connectivity index (χ0n) is 19.0. The van der Waals surface area contributed by atoms with Gasteiger partial charge in [0.1, 0.15) is 0 Å². The number of aryl methyl sites for hydroxylation is 1. The zero-order valence-corrected chi connectivity index (χ0v) is 19.8. The fourth-order valence-electron chi connectivity index (χ4n) is 3.15. The highest BCUT2D eigenvalue weighted by molar-refractivity contribution is 8.07. The molecule has 4 heteroatoms. The number of hydrogen-bond acceptors (Lipinski definition) is 3. The van der Waals surface area contributed by atoms with E-state index in [2.05, 4.69) is 29.8 Å². The third-order valence-electron chi connectivity index (χ3n) is 5.24. The molecule has 2 aromatic rings. The number of allylic oxidation sites excluding steroid dienone is 3. The van der Waals surface area contributed by atoms with Gasteiger partial charge < -0.3 is 4.90 Å². The third-order valence-corrected chi connectivity index (χ3v) is 6.28. The van der Waals surface area contributed by atoms with Gasteiger partial charge in [0.25, 0.3) is 5.91 Å². The van der Waals surface area contributed by atoms with Gasteiger partial charge in [0, 0.05) is 10.5 Å². The van der Waals surface area contributed by atoms with E-state index in [1.165, 1.54) is 44.3 Å². The Kier molecular flexibility index (Phi) is 10.3. The normalized spacial score (nSPS) is 14.5. The molecule has 2 aromatic carbocycles. The zero-order chi connectivity index (χ0) is 22.6. The molecule has 31 heavy (non-hydrogen) atoms. The van der Waals surface area contributed by atoms with Gasteiger partial charge >= 0.3 is 0 Å². The van der Waals surface area contributed by atoms with Gasteiger partial charge in [-0.3, -0.25) is 9.52 Å². The summed E-state index contributed by atoms with van der Waals surface area (Å²) in [4.78, 5) is 15.7. The number of nitrogens with zero attached hydrogens (tertiary/aromatic N) is 1. The van der Waals surface area contributed by atoms with E-state index in [0.717, 1.165) is 27.2 Å². The van der Waals surface area contributed by atoms with Crippen molar-refractivity contribution in [2.24, 2.45) is 0 Å². The lowest BCUT2D eigenvalue weighted by Gasteiger charge is -2.20. The lowest BCUT2D eigenvalue weighted by atomic mass is 10.1. The molecule has 1 saturated heterocycles. The van der Waals surface area contributed by atoms with E-state index in [1.54, 1.807) is 6.08 Å². The number of nitrogens with one attached hydrogen (secondary N) is 1. The van der Waals surface area contributed by atoms with Crippen molar-refractivity contribution in [3.8, 4) is 0 Å². The summed E-state index contributed by atoms with van der Waals surface area (Å²) in [6.07, 6.45) is 6.00. The average molecular weight is 435 g/mol. The fourth-order valence-corrected chi connectivity index (χ4v) is 4.00. The van der Waals surface area contributed by atoms with Gasteiger partial charge in [-0.25, -0.2) is 0 Å². The van der Waals surface area contributed by atoms with Crippen LogP contribution < -0.4 is 4.72 Å². The second kappa shape index (κ2) is 13.0. The summed E-state index contributed by atoms with van der Waals surface area (Å²) in [6, 6.07) is 17.5. The summed E-state index contributed by atoms with van der Waals surface area (Å²) in [7, 11) is 2.19. The molecule has 0 unspecified atom stereocenters.